The second kappa shape index (κ2) is 6.78. The summed E-state index contributed by atoms with van der Waals surface area (Å²) in [6.45, 7) is -0.654. The maximum Gasteiger partial charge on any atom is 0.261 e. The molecule has 22 heavy (non-hydrogen) atoms. The quantitative estimate of drug-likeness (QED) is 0.776. The lowest BCUT2D eigenvalue weighted by molar-refractivity contribution is -0.118. The van der Waals surface area contributed by atoms with Gasteiger partial charge < -0.3 is 10.4 Å². The van der Waals surface area contributed by atoms with Crippen LogP contribution in [0.2, 0.25) is 5.02 Å². The van der Waals surface area contributed by atoms with Gasteiger partial charge in [-0.15, -0.1) is 0 Å². The van der Waals surface area contributed by atoms with Crippen molar-refractivity contribution in [3.63, 3.8) is 0 Å². The molecule has 116 valence electrons. The monoisotopic (exact) mass is 340 g/mol. The summed E-state index contributed by atoms with van der Waals surface area (Å²) in [5.41, 5.74) is 0.640. The number of halogens is 1. The molecule has 0 fully saturated rings. The van der Waals surface area contributed by atoms with Gasteiger partial charge >= 0.3 is 0 Å². The molecule has 0 aromatic heterocycles. The summed E-state index contributed by atoms with van der Waals surface area (Å²) in [6.07, 6.45) is 0. The summed E-state index contributed by atoms with van der Waals surface area (Å²) in [6, 6.07) is 12.0. The van der Waals surface area contributed by atoms with Crippen molar-refractivity contribution in [3.8, 4) is 0 Å². The first-order valence-electron chi connectivity index (χ1n) is 6.20. The molecule has 0 spiro atoms. The number of amides is 1. The molecule has 0 saturated heterocycles. The van der Waals surface area contributed by atoms with E-state index in [1.807, 2.05) is 0 Å². The fourth-order valence-corrected chi connectivity index (χ4v) is 3.06. The van der Waals surface area contributed by atoms with Crippen LogP contribution in [-0.2, 0) is 14.8 Å². The Morgan fingerprint density at radius 3 is 2.45 bits per heavy atom. The zero-order valence-electron chi connectivity index (χ0n) is 11.3. The van der Waals surface area contributed by atoms with Gasteiger partial charge in [-0.1, -0.05) is 23.7 Å². The summed E-state index contributed by atoms with van der Waals surface area (Å²) in [5.74, 6) is -0.588. The zero-order chi connectivity index (χ0) is 16.2. The predicted molar refractivity (Wildman–Crippen MR) is 84.4 cm³/mol. The number of hydrogen-bond donors (Lipinski definition) is 3. The molecule has 0 heterocycles. The van der Waals surface area contributed by atoms with E-state index in [1.54, 1.807) is 18.2 Å². The molecule has 2 rings (SSSR count). The second-order valence-electron chi connectivity index (χ2n) is 4.35. The van der Waals surface area contributed by atoms with Crippen LogP contribution in [0, 0.1) is 0 Å². The highest BCUT2D eigenvalue weighted by molar-refractivity contribution is 7.92. The molecule has 0 aliphatic heterocycles. The molecule has 3 N–H and O–H groups in total. The minimum absolute atomic E-state index is 0.0322. The molecule has 6 nitrogen and oxygen atoms in total. The SMILES string of the molecule is O=C(CO)Nc1cccc(NS(=O)(=O)c2cccc(Cl)c2)c1. The van der Waals surface area contributed by atoms with E-state index in [0.29, 0.717) is 10.7 Å². The first kappa shape index (κ1) is 16.3. The van der Waals surface area contributed by atoms with Gasteiger partial charge in [0.2, 0.25) is 5.91 Å². The van der Waals surface area contributed by atoms with E-state index in [0.717, 1.165) is 0 Å². The van der Waals surface area contributed by atoms with Crippen LogP contribution in [0.4, 0.5) is 11.4 Å². The van der Waals surface area contributed by atoms with E-state index in [2.05, 4.69) is 10.0 Å². The van der Waals surface area contributed by atoms with Gasteiger partial charge in [-0.05, 0) is 36.4 Å². The molecular weight excluding hydrogens is 328 g/mol. The number of hydrogen-bond acceptors (Lipinski definition) is 4. The largest absolute Gasteiger partial charge is 0.387 e. The molecule has 0 aliphatic rings. The maximum atomic E-state index is 12.2. The minimum atomic E-state index is -3.78. The molecule has 2 aromatic carbocycles. The van der Waals surface area contributed by atoms with Gasteiger partial charge in [0.05, 0.1) is 10.6 Å². The van der Waals surface area contributed by atoms with Crippen LogP contribution in [0.1, 0.15) is 0 Å². The lowest BCUT2D eigenvalue weighted by atomic mass is 10.3. The average Bonchev–Trinajstić information content (AvgIpc) is 2.47. The van der Waals surface area contributed by atoms with E-state index in [-0.39, 0.29) is 10.6 Å². The highest BCUT2D eigenvalue weighted by Gasteiger charge is 2.14. The van der Waals surface area contributed by atoms with E-state index in [9.17, 15) is 13.2 Å². The third kappa shape index (κ3) is 4.20. The Morgan fingerprint density at radius 1 is 1.09 bits per heavy atom. The molecule has 0 radical (unpaired) electrons. The Kier molecular flexibility index (Phi) is 5.02. The number of nitrogens with one attached hydrogen (secondary N) is 2. The average molecular weight is 341 g/mol. The van der Waals surface area contributed by atoms with Gasteiger partial charge in [0.1, 0.15) is 6.61 Å². The molecule has 0 saturated carbocycles. The third-order valence-electron chi connectivity index (χ3n) is 2.65. The van der Waals surface area contributed by atoms with Crippen molar-refractivity contribution in [3.05, 3.63) is 53.6 Å². The van der Waals surface area contributed by atoms with Crippen molar-refractivity contribution in [1.82, 2.24) is 0 Å². The summed E-state index contributed by atoms with van der Waals surface area (Å²) >= 11 is 5.79. The predicted octanol–water partition coefficient (Wildman–Crippen LogP) is 2.07. The van der Waals surface area contributed by atoms with E-state index < -0.39 is 22.5 Å². The minimum Gasteiger partial charge on any atom is -0.387 e. The lowest BCUT2D eigenvalue weighted by Gasteiger charge is -2.10. The Morgan fingerprint density at radius 2 is 1.77 bits per heavy atom. The number of benzene rings is 2. The number of sulfonamides is 1. The van der Waals surface area contributed by atoms with Crippen LogP contribution in [0.15, 0.2) is 53.4 Å². The summed E-state index contributed by atoms with van der Waals surface area (Å²) < 4.78 is 26.9. The number of carbonyl (C=O) groups excluding carboxylic acids is 1. The highest BCUT2D eigenvalue weighted by Crippen LogP contribution is 2.21. The van der Waals surface area contributed by atoms with Crippen molar-refractivity contribution in [2.45, 2.75) is 4.90 Å². The number of anilines is 2. The van der Waals surface area contributed by atoms with Gasteiger partial charge in [0.15, 0.2) is 0 Å². The second-order valence-corrected chi connectivity index (χ2v) is 6.47. The smallest absolute Gasteiger partial charge is 0.261 e. The molecule has 0 bridgehead atoms. The number of aliphatic hydroxyl groups is 1. The molecule has 2 aromatic rings. The molecule has 0 atom stereocenters. The number of carbonyl (C=O) groups is 1. The summed E-state index contributed by atoms with van der Waals surface area (Å²) in [5, 5.41) is 11.4. The normalized spacial score (nSPS) is 11.0. The molecular formula is C14H13ClN2O4S. The Labute approximate surface area is 132 Å². The fourth-order valence-electron chi connectivity index (χ4n) is 1.71. The van der Waals surface area contributed by atoms with Crippen molar-refractivity contribution >= 4 is 38.9 Å². The van der Waals surface area contributed by atoms with Gasteiger partial charge in [-0.2, -0.15) is 0 Å². The first-order valence-corrected chi connectivity index (χ1v) is 8.06. The number of rotatable bonds is 5. The van der Waals surface area contributed by atoms with Crippen LogP contribution in [0.3, 0.4) is 0 Å². The van der Waals surface area contributed by atoms with Gasteiger partial charge in [-0.25, -0.2) is 8.42 Å². The van der Waals surface area contributed by atoms with Crippen molar-refractivity contribution in [1.29, 1.82) is 0 Å². The zero-order valence-corrected chi connectivity index (χ0v) is 12.9. The first-order chi connectivity index (χ1) is 10.4. The molecule has 8 heteroatoms. The van der Waals surface area contributed by atoms with Gasteiger partial charge in [-0.3, -0.25) is 9.52 Å². The Balaban J connectivity index is 2.23. The lowest BCUT2D eigenvalue weighted by Crippen LogP contribution is -2.16. The molecule has 0 unspecified atom stereocenters. The maximum absolute atomic E-state index is 12.2. The third-order valence-corrected chi connectivity index (χ3v) is 4.26. The van der Waals surface area contributed by atoms with Crippen LogP contribution >= 0.6 is 11.6 Å². The van der Waals surface area contributed by atoms with E-state index in [1.165, 1.54) is 30.3 Å². The fraction of sp³-hybridized carbons (Fsp3) is 0.0714. The van der Waals surface area contributed by atoms with Crippen LogP contribution in [0.25, 0.3) is 0 Å². The Hall–Kier alpha value is -2.09. The molecule has 0 aliphatic carbocycles. The topological polar surface area (TPSA) is 95.5 Å². The van der Waals surface area contributed by atoms with Crippen LogP contribution in [0.5, 0.6) is 0 Å². The van der Waals surface area contributed by atoms with Crippen molar-refractivity contribution in [2.24, 2.45) is 0 Å². The van der Waals surface area contributed by atoms with Crippen LogP contribution < -0.4 is 10.0 Å². The van der Waals surface area contributed by atoms with Gasteiger partial charge in [0, 0.05) is 10.7 Å². The molecule has 1 amide bonds. The standard InChI is InChI=1S/C14H13ClN2O4S/c15-10-3-1-6-13(7-10)22(20,21)17-12-5-2-4-11(8-12)16-14(19)9-18/h1-8,17-18H,9H2,(H,16,19). The van der Waals surface area contributed by atoms with Gasteiger partial charge in [0.25, 0.3) is 10.0 Å². The van der Waals surface area contributed by atoms with E-state index >= 15 is 0 Å². The highest BCUT2D eigenvalue weighted by atomic mass is 35.5. The van der Waals surface area contributed by atoms with Crippen molar-refractivity contribution < 1.29 is 18.3 Å². The summed E-state index contributed by atoms with van der Waals surface area (Å²) in [4.78, 5) is 11.2. The van der Waals surface area contributed by atoms with Crippen LogP contribution in [-0.4, -0.2) is 26.0 Å². The number of aliphatic hydroxyl groups excluding tert-OH is 1. The van der Waals surface area contributed by atoms with E-state index in [4.69, 9.17) is 16.7 Å². The Bertz CT molecular complexity index is 793. The summed E-state index contributed by atoms with van der Waals surface area (Å²) in [7, 11) is -3.78. The van der Waals surface area contributed by atoms with Crippen molar-refractivity contribution in [2.75, 3.05) is 16.6 Å².